The van der Waals surface area contributed by atoms with Gasteiger partial charge in [-0.05, 0) is 11.5 Å². The molecule has 1 atom stereocenters. The van der Waals surface area contributed by atoms with Gasteiger partial charge in [0.05, 0.1) is 5.75 Å². The van der Waals surface area contributed by atoms with E-state index in [-0.39, 0.29) is 17.6 Å². The highest BCUT2D eigenvalue weighted by atomic mass is 32.2. The van der Waals surface area contributed by atoms with E-state index in [9.17, 15) is 9.59 Å². The molecule has 4 nitrogen and oxygen atoms in total. The van der Waals surface area contributed by atoms with Gasteiger partial charge in [-0.1, -0.05) is 44.2 Å². The van der Waals surface area contributed by atoms with Crippen LogP contribution in [0.25, 0.3) is 0 Å². The molecule has 0 heterocycles. The van der Waals surface area contributed by atoms with Gasteiger partial charge >= 0.3 is 5.97 Å². The van der Waals surface area contributed by atoms with E-state index in [0.717, 1.165) is 5.56 Å². The summed E-state index contributed by atoms with van der Waals surface area (Å²) in [6, 6.07) is 9.72. The van der Waals surface area contributed by atoms with Gasteiger partial charge in [0.2, 0.25) is 5.91 Å². The van der Waals surface area contributed by atoms with Crippen molar-refractivity contribution in [2.24, 2.45) is 5.92 Å². The summed E-state index contributed by atoms with van der Waals surface area (Å²) in [5.74, 6) is -0.711. The lowest BCUT2D eigenvalue weighted by atomic mass is 10.1. The first-order valence-corrected chi connectivity index (χ1v) is 7.59. The van der Waals surface area contributed by atoms with Crippen molar-refractivity contribution < 1.29 is 14.7 Å². The summed E-state index contributed by atoms with van der Waals surface area (Å²) in [5.41, 5.74) is 1.06. The van der Waals surface area contributed by atoms with E-state index in [2.05, 4.69) is 0 Å². The minimum atomic E-state index is -0.858. The fourth-order valence-electron chi connectivity index (χ4n) is 1.77. The molecule has 0 spiro atoms. The summed E-state index contributed by atoms with van der Waals surface area (Å²) in [4.78, 5) is 24.7. The first-order chi connectivity index (χ1) is 9.41. The number of carbonyl (C=O) groups is 2. The van der Waals surface area contributed by atoms with Gasteiger partial charge in [0.15, 0.2) is 0 Å². The van der Waals surface area contributed by atoms with Crippen LogP contribution < -0.4 is 0 Å². The number of hydrogen-bond donors (Lipinski definition) is 1. The lowest BCUT2D eigenvalue weighted by Crippen LogP contribution is -2.30. The predicted molar refractivity (Wildman–Crippen MR) is 81.6 cm³/mol. The van der Waals surface area contributed by atoms with E-state index in [0.29, 0.717) is 6.54 Å². The molecule has 1 aromatic carbocycles. The molecule has 0 radical (unpaired) electrons. The second kappa shape index (κ2) is 7.94. The Morgan fingerprint density at radius 1 is 1.25 bits per heavy atom. The fourth-order valence-corrected chi connectivity index (χ4v) is 2.84. The maximum Gasteiger partial charge on any atom is 0.316 e. The van der Waals surface area contributed by atoms with E-state index < -0.39 is 11.2 Å². The highest BCUT2D eigenvalue weighted by molar-refractivity contribution is 8.01. The Morgan fingerprint density at radius 2 is 1.85 bits per heavy atom. The third kappa shape index (κ3) is 5.25. The molecule has 1 rings (SSSR count). The van der Waals surface area contributed by atoms with Crippen LogP contribution in [0.15, 0.2) is 30.3 Å². The van der Waals surface area contributed by atoms with Crippen molar-refractivity contribution in [1.82, 2.24) is 4.90 Å². The van der Waals surface area contributed by atoms with E-state index in [4.69, 9.17) is 5.11 Å². The van der Waals surface area contributed by atoms with Crippen molar-refractivity contribution >= 4 is 23.6 Å². The SMILES string of the molecule is CC(C)C(SCC(=O)N(C)Cc1ccccc1)C(=O)O. The Bertz CT molecular complexity index is 448. The Labute approximate surface area is 124 Å². The lowest BCUT2D eigenvalue weighted by Gasteiger charge is -2.20. The maximum atomic E-state index is 12.0. The first kappa shape index (κ1) is 16.6. The molecule has 0 aliphatic carbocycles. The number of aliphatic carboxylic acids is 1. The molecule has 0 saturated heterocycles. The number of thioether (sulfide) groups is 1. The van der Waals surface area contributed by atoms with E-state index in [1.54, 1.807) is 11.9 Å². The van der Waals surface area contributed by atoms with Crippen LogP contribution in [-0.2, 0) is 16.1 Å². The minimum absolute atomic E-state index is 0.00438. The quantitative estimate of drug-likeness (QED) is 0.839. The van der Waals surface area contributed by atoms with Crippen LogP contribution in [-0.4, -0.2) is 39.9 Å². The summed E-state index contributed by atoms with van der Waals surface area (Å²) in [7, 11) is 1.74. The van der Waals surface area contributed by atoms with Crippen molar-refractivity contribution in [3.8, 4) is 0 Å². The first-order valence-electron chi connectivity index (χ1n) is 6.54. The zero-order chi connectivity index (χ0) is 15.1. The Kier molecular flexibility index (Phi) is 6.58. The summed E-state index contributed by atoms with van der Waals surface area (Å²) < 4.78 is 0. The molecule has 1 amide bonds. The number of benzene rings is 1. The second-order valence-electron chi connectivity index (χ2n) is 5.05. The summed E-state index contributed by atoms with van der Waals surface area (Å²) in [5, 5.41) is 8.55. The van der Waals surface area contributed by atoms with Crippen molar-refractivity contribution in [3.63, 3.8) is 0 Å². The van der Waals surface area contributed by atoms with Crippen molar-refractivity contribution in [2.75, 3.05) is 12.8 Å². The Balaban J connectivity index is 2.48. The van der Waals surface area contributed by atoms with E-state index in [1.165, 1.54) is 11.8 Å². The molecule has 20 heavy (non-hydrogen) atoms. The number of amides is 1. The molecular formula is C15H21NO3S. The average Bonchev–Trinajstić information content (AvgIpc) is 2.38. The van der Waals surface area contributed by atoms with Crippen LogP contribution in [0.3, 0.4) is 0 Å². The van der Waals surface area contributed by atoms with Gasteiger partial charge < -0.3 is 10.0 Å². The number of carboxylic acid groups (broad SMARTS) is 1. The minimum Gasteiger partial charge on any atom is -0.480 e. The standard InChI is InChI=1S/C15H21NO3S/c1-11(2)14(15(18)19)20-10-13(17)16(3)9-12-7-5-4-6-8-12/h4-8,11,14H,9-10H2,1-3H3,(H,18,19). The fraction of sp³-hybridized carbons (Fsp3) is 0.467. The van der Waals surface area contributed by atoms with Crippen LogP contribution in [0.1, 0.15) is 19.4 Å². The number of carboxylic acids is 1. The average molecular weight is 295 g/mol. The van der Waals surface area contributed by atoms with E-state index >= 15 is 0 Å². The topological polar surface area (TPSA) is 57.6 Å². The molecule has 1 unspecified atom stereocenters. The molecule has 0 aliphatic heterocycles. The molecule has 110 valence electrons. The molecule has 1 aromatic rings. The van der Waals surface area contributed by atoms with Crippen molar-refractivity contribution in [2.45, 2.75) is 25.6 Å². The Hall–Kier alpha value is -1.49. The van der Waals surface area contributed by atoms with Crippen LogP contribution >= 0.6 is 11.8 Å². The highest BCUT2D eigenvalue weighted by Crippen LogP contribution is 2.20. The van der Waals surface area contributed by atoms with Gasteiger partial charge in [-0.3, -0.25) is 9.59 Å². The van der Waals surface area contributed by atoms with Crippen molar-refractivity contribution in [3.05, 3.63) is 35.9 Å². The Morgan fingerprint density at radius 3 is 2.35 bits per heavy atom. The third-order valence-corrected chi connectivity index (χ3v) is 4.44. The van der Waals surface area contributed by atoms with Crippen LogP contribution in [0, 0.1) is 5.92 Å². The van der Waals surface area contributed by atoms with Crippen LogP contribution in [0.2, 0.25) is 0 Å². The van der Waals surface area contributed by atoms with Crippen LogP contribution in [0.4, 0.5) is 0 Å². The van der Waals surface area contributed by atoms with Gasteiger partial charge in [-0.2, -0.15) is 0 Å². The molecule has 0 saturated carbocycles. The molecular weight excluding hydrogens is 274 g/mol. The molecule has 5 heteroatoms. The van der Waals surface area contributed by atoms with Crippen LogP contribution in [0.5, 0.6) is 0 Å². The molecule has 0 aromatic heterocycles. The van der Waals surface area contributed by atoms with Gasteiger partial charge in [-0.15, -0.1) is 11.8 Å². The zero-order valence-electron chi connectivity index (χ0n) is 12.1. The number of rotatable bonds is 7. The number of carbonyl (C=O) groups excluding carboxylic acids is 1. The molecule has 0 fully saturated rings. The largest absolute Gasteiger partial charge is 0.480 e. The van der Waals surface area contributed by atoms with Gasteiger partial charge in [0, 0.05) is 13.6 Å². The van der Waals surface area contributed by atoms with E-state index in [1.807, 2.05) is 44.2 Å². The van der Waals surface area contributed by atoms with Gasteiger partial charge in [-0.25, -0.2) is 0 Å². The normalized spacial score (nSPS) is 12.2. The zero-order valence-corrected chi connectivity index (χ0v) is 12.9. The smallest absolute Gasteiger partial charge is 0.316 e. The second-order valence-corrected chi connectivity index (χ2v) is 6.18. The third-order valence-electron chi connectivity index (χ3n) is 2.92. The van der Waals surface area contributed by atoms with Gasteiger partial charge in [0.25, 0.3) is 0 Å². The summed E-state index contributed by atoms with van der Waals surface area (Å²) in [6.07, 6.45) is 0. The number of nitrogens with zero attached hydrogens (tertiary/aromatic N) is 1. The number of hydrogen-bond acceptors (Lipinski definition) is 3. The van der Waals surface area contributed by atoms with Crippen molar-refractivity contribution in [1.29, 1.82) is 0 Å². The maximum absolute atomic E-state index is 12.0. The molecule has 0 aliphatic rings. The monoisotopic (exact) mass is 295 g/mol. The summed E-state index contributed by atoms with van der Waals surface area (Å²) in [6.45, 7) is 4.24. The summed E-state index contributed by atoms with van der Waals surface area (Å²) >= 11 is 1.19. The van der Waals surface area contributed by atoms with Gasteiger partial charge in [0.1, 0.15) is 5.25 Å². The predicted octanol–water partition coefficient (Wildman–Crippen LogP) is 2.49. The molecule has 1 N–H and O–H groups in total. The molecule has 0 bridgehead atoms. The highest BCUT2D eigenvalue weighted by Gasteiger charge is 2.23. The lowest BCUT2D eigenvalue weighted by molar-refractivity contribution is -0.137.